The normalized spacial score (nSPS) is 11.9. The number of carbonyl (C=O) groups is 1. The lowest BCUT2D eigenvalue weighted by molar-refractivity contribution is 0.102. The number of nitrogens with zero attached hydrogens (tertiary/aromatic N) is 3. The topological polar surface area (TPSA) is 92.9 Å². The zero-order chi connectivity index (χ0) is 17.6. The van der Waals surface area contributed by atoms with Crippen LogP contribution in [0.25, 0.3) is 0 Å². The van der Waals surface area contributed by atoms with Crippen LogP contribution in [-0.4, -0.2) is 21.0 Å². The van der Waals surface area contributed by atoms with Crippen molar-refractivity contribution in [3.05, 3.63) is 71.6 Å². The Morgan fingerprint density at radius 2 is 1.88 bits per heavy atom. The van der Waals surface area contributed by atoms with Gasteiger partial charge in [-0.1, -0.05) is 17.3 Å². The van der Waals surface area contributed by atoms with Gasteiger partial charge in [-0.3, -0.25) is 9.78 Å². The number of anilines is 1. The van der Waals surface area contributed by atoms with Crippen LogP contribution in [0, 0.1) is 6.92 Å². The van der Waals surface area contributed by atoms with E-state index in [4.69, 9.17) is 4.52 Å². The van der Waals surface area contributed by atoms with Crippen molar-refractivity contribution in [2.45, 2.75) is 26.4 Å². The van der Waals surface area contributed by atoms with Crippen LogP contribution < -0.4 is 10.6 Å². The van der Waals surface area contributed by atoms with Crippen molar-refractivity contribution in [2.24, 2.45) is 0 Å². The second-order valence-electron chi connectivity index (χ2n) is 5.64. The summed E-state index contributed by atoms with van der Waals surface area (Å²) in [6.45, 7) is 4.34. The highest BCUT2D eigenvalue weighted by atomic mass is 16.5. The molecular weight excluding hydrogens is 318 g/mol. The van der Waals surface area contributed by atoms with Crippen LogP contribution in [-0.2, 0) is 6.54 Å². The lowest BCUT2D eigenvalue weighted by Gasteiger charge is -2.13. The monoisotopic (exact) mass is 337 g/mol. The summed E-state index contributed by atoms with van der Waals surface area (Å²) in [5.41, 5.74) is 2.41. The summed E-state index contributed by atoms with van der Waals surface area (Å²) in [5.74, 6) is 1.03. The quantitative estimate of drug-likeness (QED) is 0.718. The Morgan fingerprint density at radius 1 is 1.16 bits per heavy atom. The molecule has 25 heavy (non-hydrogen) atoms. The van der Waals surface area contributed by atoms with Crippen molar-refractivity contribution < 1.29 is 9.32 Å². The Balaban J connectivity index is 1.57. The van der Waals surface area contributed by atoms with E-state index in [0.29, 0.717) is 23.8 Å². The van der Waals surface area contributed by atoms with Crippen molar-refractivity contribution in [3.8, 4) is 0 Å². The minimum absolute atomic E-state index is 0.115. The Morgan fingerprint density at radius 3 is 2.52 bits per heavy atom. The number of nitrogens with one attached hydrogen (secondary N) is 2. The maximum atomic E-state index is 12.1. The summed E-state index contributed by atoms with van der Waals surface area (Å²) in [6, 6.07) is 11.2. The first kappa shape index (κ1) is 16.8. The number of aromatic nitrogens is 3. The molecule has 1 amide bonds. The first-order valence-corrected chi connectivity index (χ1v) is 7.96. The van der Waals surface area contributed by atoms with E-state index in [2.05, 4.69) is 32.7 Å². The summed E-state index contributed by atoms with van der Waals surface area (Å²) >= 11 is 0. The molecule has 1 aromatic carbocycles. The molecule has 1 atom stereocenters. The fourth-order valence-electron chi connectivity index (χ4n) is 2.34. The number of pyridine rings is 1. The molecule has 128 valence electrons. The van der Waals surface area contributed by atoms with Crippen molar-refractivity contribution in [1.82, 2.24) is 20.4 Å². The van der Waals surface area contributed by atoms with Gasteiger partial charge in [0.1, 0.15) is 0 Å². The number of carbonyl (C=O) groups excluding carboxylic acids is 1. The summed E-state index contributed by atoms with van der Waals surface area (Å²) < 4.78 is 4.95. The summed E-state index contributed by atoms with van der Waals surface area (Å²) in [7, 11) is 0. The molecule has 0 bridgehead atoms. The number of hydrogen-bond acceptors (Lipinski definition) is 6. The number of benzene rings is 1. The highest BCUT2D eigenvalue weighted by molar-refractivity contribution is 6.04. The zero-order valence-electron chi connectivity index (χ0n) is 14.1. The van der Waals surface area contributed by atoms with Crippen LogP contribution in [0.5, 0.6) is 0 Å². The fourth-order valence-corrected chi connectivity index (χ4v) is 2.34. The highest BCUT2D eigenvalue weighted by Crippen LogP contribution is 2.17. The molecule has 3 aromatic rings. The lowest BCUT2D eigenvalue weighted by atomic mass is 10.1. The third-order valence-corrected chi connectivity index (χ3v) is 3.75. The second kappa shape index (κ2) is 7.67. The maximum Gasteiger partial charge on any atom is 0.255 e. The SMILES string of the molecule is Cc1nc(CN[C@H](C)c2ccc(NC(=O)c3ccncc3)cc2)no1. The smallest absolute Gasteiger partial charge is 0.255 e. The molecular formula is C18H19N5O2. The van der Waals surface area contributed by atoms with Gasteiger partial charge < -0.3 is 15.2 Å². The summed E-state index contributed by atoms with van der Waals surface area (Å²) in [5, 5.41) is 10.1. The molecule has 0 unspecified atom stereocenters. The lowest BCUT2D eigenvalue weighted by Crippen LogP contribution is -2.19. The molecule has 2 aromatic heterocycles. The Hall–Kier alpha value is -3.06. The molecule has 0 fully saturated rings. The van der Waals surface area contributed by atoms with Crippen LogP contribution in [0.4, 0.5) is 5.69 Å². The molecule has 0 spiro atoms. The summed E-state index contributed by atoms with van der Waals surface area (Å²) in [4.78, 5) is 20.2. The van der Waals surface area contributed by atoms with Crippen LogP contribution in [0.3, 0.4) is 0 Å². The van der Waals surface area contributed by atoms with Crippen LogP contribution in [0.2, 0.25) is 0 Å². The molecule has 0 aliphatic rings. The van der Waals surface area contributed by atoms with E-state index in [1.165, 1.54) is 0 Å². The van der Waals surface area contributed by atoms with Gasteiger partial charge in [0.15, 0.2) is 5.82 Å². The van der Waals surface area contributed by atoms with E-state index >= 15 is 0 Å². The van der Waals surface area contributed by atoms with E-state index < -0.39 is 0 Å². The number of rotatable bonds is 6. The maximum absolute atomic E-state index is 12.1. The molecule has 7 nitrogen and oxygen atoms in total. The fraction of sp³-hybridized carbons (Fsp3) is 0.222. The molecule has 0 aliphatic heterocycles. The van der Waals surface area contributed by atoms with Gasteiger partial charge >= 0.3 is 0 Å². The van der Waals surface area contributed by atoms with Gasteiger partial charge in [0, 0.05) is 36.6 Å². The van der Waals surface area contributed by atoms with Crippen molar-refractivity contribution in [2.75, 3.05) is 5.32 Å². The van der Waals surface area contributed by atoms with E-state index in [9.17, 15) is 4.79 Å². The third kappa shape index (κ3) is 4.48. The highest BCUT2D eigenvalue weighted by Gasteiger charge is 2.09. The van der Waals surface area contributed by atoms with Gasteiger partial charge in [-0.2, -0.15) is 4.98 Å². The van der Waals surface area contributed by atoms with Crippen LogP contribution in [0.15, 0.2) is 53.3 Å². The molecule has 0 saturated carbocycles. The summed E-state index contributed by atoms with van der Waals surface area (Å²) in [6.07, 6.45) is 3.19. The number of aryl methyl sites for hydroxylation is 1. The molecule has 2 N–H and O–H groups in total. The van der Waals surface area contributed by atoms with Gasteiger partial charge in [0.25, 0.3) is 5.91 Å². The van der Waals surface area contributed by atoms with Gasteiger partial charge in [-0.15, -0.1) is 0 Å². The molecule has 7 heteroatoms. The van der Waals surface area contributed by atoms with Crippen LogP contribution >= 0.6 is 0 Å². The minimum atomic E-state index is -0.159. The first-order chi connectivity index (χ1) is 12.1. The Labute approximate surface area is 145 Å². The average molecular weight is 337 g/mol. The van der Waals surface area contributed by atoms with Crippen molar-refractivity contribution >= 4 is 11.6 Å². The van der Waals surface area contributed by atoms with E-state index in [1.54, 1.807) is 31.5 Å². The molecule has 2 heterocycles. The van der Waals surface area contributed by atoms with E-state index in [1.807, 2.05) is 24.3 Å². The minimum Gasteiger partial charge on any atom is -0.340 e. The molecule has 0 aliphatic carbocycles. The van der Waals surface area contributed by atoms with E-state index in [0.717, 1.165) is 11.3 Å². The molecule has 3 rings (SSSR count). The van der Waals surface area contributed by atoms with Gasteiger partial charge in [0.05, 0.1) is 6.54 Å². The Kier molecular flexibility index (Phi) is 5.15. The van der Waals surface area contributed by atoms with Gasteiger partial charge in [-0.05, 0) is 36.8 Å². The Bertz CT molecular complexity index is 830. The van der Waals surface area contributed by atoms with Gasteiger partial charge in [-0.25, -0.2) is 0 Å². The van der Waals surface area contributed by atoms with Crippen molar-refractivity contribution in [3.63, 3.8) is 0 Å². The standard InChI is InChI=1S/C18H19N5O2/c1-12(20-11-17-21-13(2)25-23-17)14-3-5-16(6-4-14)22-18(24)15-7-9-19-10-8-15/h3-10,12,20H,11H2,1-2H3,(H,22,24)/t12-/m1/s1. The second-order valence-corrected chi connectivity index (χ2v) is 5.64. The van der Waals surface area contributed by atoms with Gasteiger partial charge in [0.2, 0.25) is 5.89 Å². The predicted molar refractivity (Wildman–Crippen MR) is 92.9 cm³/mol. The van der Waals surface area contributed by atoms with Crippen molar-refractivity contribution in [1.29, 1.82) is 0 Å². The predicted octanol–water partition coefficient (Wildman–Crippen LogP) is 2.88. The van der Waals surface area contributed by atoms with Crippen LogP contribution in [0.1, 0.15) is 40.6 Å². The van der Waals surface area contributed by atoms with E-state index in [-0.39, 0.29) is 11.9 Å². The number of hydrogen-bond donors (Lipinski definition) is 2. The zero-order valence-corrected chi connectivity index (χ0v) is 14.1. The number of amides is 1. The molecule has 0 radical (unpaired) electrons. The largest absolute Gasteiger partial charge is 0.340 e. The molecule has 0 saturated heterocycles. The third-order valence-electron chi connectivity index (χ3n) is 3.75. The average Bonchev–Trinajstić information content (AvgIpc) is 3.06. The first-order valence-electron chi connectivity index (χ1n) is 7.96.